The van der Waals surface area contributed by atoms with Crippen molar-refractivity contribution in [2.75, 3.05) is 12.0 Å². The summed E-state index contributed by atoms with van der Waals surface area (Å²) in [6.45, 7) is 1.62. The van der Waals surface area contributed by atoms with Crippen LogP contribution in [0.5, 0.6) is 5.75 Å². The molecular formula is C32H27N3O4. The van der Waals surface area contributed by atoms with Gasteiger partial charge in [-0.15, -0.1) is 0 Å². The van der Waals surface area contributed by atoms with Crippen LogP contribution in [0.15, 0.2) is 91.0 Å². The predicted octanol–water partition coefficient (Wildman–Crippen LogP) is 6.25. The Labute approximate surface area is 226 Å². The van der Waals surface area contributed by atoms with Crippen LogP contribution in [0.4, 0.5) is 11.4 Å². The van der Waals surface area contributed by atoms with Crippen molar-refractivity contribution in [2.45, 2.75) is 25.9 Å². The number of aromatic nitrogens is 2. The summed E-state index contributed by atoms with van der Waals surface area (Å²) in [5, 5.41) is 0. The van der Waals surface area contributed by atoms with Gasteiger partial charge in [0.05, 0.1) is 35.1 Å². The van der Waals surface area contributed by atoms with Gasteiger partial charge in [0.1, 0.15) is 11.6 Å². The first-order valence-corrected chi connectivity index (χ1v) is 12.9. The molecule has 1 aromatic heterocycles. The van der Waals surface area contributed by atoms with Crippen LogP contribution < -0.4 is 9.64 Å². The number of ether oxygens (including phenoxy) is 2. The number of rotatable bonds is 5. The van der Waals surface area contributed by atoms with Crippen molar-refractivity contribution in [1.29, 1.82) is 0 Å². The molecule has 4 aromatic carbocycles. The van der Waals surface area contributed by atoms with Gasteiger partial charge in [0.25, 0.3) is 5.91 Å². The molecule has 0 spiro atoms. The molecule has 0 radical (unpaired) electrons. The number of aryl methyl sites for hydroxylation is 2. The van der Waals surface area contributed by atoms with Gasteiger partial charge < -0.3 is 14.5 Å². The van der Waals surface area contributed by atoms with Crippen molar-refractivity contribution >= 4 is 34.3 Å². The van der Waals surface area contributed by atoms with E-state index in [0.717, 1.165) is 52.2 Å². The van der Waals surface area contributed by atoms with Gasteiger partial charge in [0.2, 0.25) is 0 Å². The standard InChI is InChI=1S/C32H27N3O4/c1-20(31(36)35-28-9-5-3-7-21(28)11-12-22-8-4-6-10-29(22)35)39-32(37)24-15-18-26-27(19-24)34-30(33-26)23-13-16-25(38-2)17-14-23/h3-10,13-20H,11-12H2,1-2H3,(H,33,34). The zero-order valence-corrected chi connectivity index (χ0v) is 21.7. The van der Waals surface area contributed by atoms with E-state index in [9.17, 15) is 9.59 Å². The van der Waals surface area contributed by atoms with Crippen molar-refractivity contribution in [1.82, 2.24) is 9.97 Å². The number of carbonyl (C=O) groups excluding carboxylic acids is 2. The second-order valence-corrected chi connectivity index (χ2v) is 9.52. The highest BCUT2D eigenvalue weighted by atomic mass is 16.5. The Bertz CT molecular complexity index is 1640. The lowest BCUT2D eigenvalue weighted by Crippen LogP contribution is -2.37. The SMILES string of the molecule is COc1ccc(-c2nc3ccc(C(=O)OC(C)C(=O)N4c5ccccc5CCc5ccccc54)cc3[nH]2)cc1. The molecule has 1 atom stereocenters. The van der Waals surface area contributed by atoms with Gasteiger partial charge in [0, 0.05) is 5.56 Å². The van der Waals surface area contributed by atoms with Gasteiger partial charge in [-0.3, -0.25) is 9.69 Å². The molecule has 0 bridgehead atoms. The van der Waals surface area contributed by atoms with Crippen molar-refractivity contribution in [2.24, 2.45) is 0 Å². The number of amides is 1. The minimum atomic E-state index is -0.996. The lowest BCUT2D eigenvalue weighted by molar-refractivity contribution is -0.125. The normalized spacial score (nSPS) is 13.2. The predicted molar refractivity (Wildman–Crippen MR) is 150 cm³/mol. The fourth-order valence-corrected chi connectivity index (χ4v) is 5.00. The van der Waals surface area contributed by atoms with Crippen molar-refractivity contribution < 1.29 is 19.1 Å². The lowest BCUT2D eigenvalue weighted by atomic mass is 10.0. The Hall–Kier alpha value is -4.91. The first-order chi connectivity index (χ1) is 19.0. The number of carbonyl (C=O) groups is 2. The summed E-state index contributed by atoms with van der Waals surface area (Å²) in [7, 11) is 1.62. The Morgan fingerprint density at radius 2 is 1.51 bits per heavy atom. The third-order valence-corrected chi connectivity index (χ3v) is 7.06. The molecule has 7 nitrogen and oxygen atoms in total. The molecule has 1 amide bonds. The van der Waals surface area contributed by atoms with E-state index in [4.69, 9.17) is 9.47 Å². The Balaban J connectivity index is 1.25. The fourth-order valence-electron chi connectivity index (χ4n) is 5.00. The number of H-pyrrole nitrogens is 1. The number of benzene rings is 4. The molecule has 1 aliphatic rings. The van der Waals surface area contributed by atoms with E-state index in [1.54, 1.807) is 37.1 Å². The van der Waals surface area contributed by atoms with E-state index in [1.165, 1.54) is 0 Å². The number of nitrogens with one attached hydrogen (secondary N) is 1. The van der Waals surface area contributed by atoms with Crippen LogP contribution >= 0.6 is 0 Å². The van der Waals surface area contributed by atoms with Crippen molar-refractivity contribution in [3.05, 3.63) is 108 Å². The molecule has 0 fully saturated rings. The molecule has 2 heterocycles. The second kappa shape index (κ2) is 10.1. The third-order valence-electron chi connectivity index (χ3n) is 7.06. The molecular weight excluding hydrogens is 490 g/mol. The number of esters is 1. The number of nitrogens with zero attached hydrogens (tertiary/aromatic N) is 2. The summed E-state index contributed by atoms with van der Waals surface area (Å²) < 4.78 is 10.9. The molecule has 0 saturated carbocycles. The average molecular weight is 518 g/mol. The van der Waals surface area contributed by atoms with Crippen LogP contribution in [0.2, 0.25) is 0 Å². The van der Waals surface area contributed by atoms with Crippen LogP contribution in [0.1, 0.15) is 28.4 Å². The number of anilines is 2. The number of hydrogen-bond donors (Lipinski definition) is 1. The van der Waals surface area contributed by atoms with Crippen LogP contribution in [0, 0.1) is 0 Å². The van der Waals surface area contributed by atoms with Crippen LogP contribution in [-0.4, -0.2) is 35.1 Å². The van der Waals surface area contributed by atoms with Gasteiger partial charge in [0.15, 0.2) is 6.10 Å². The molecule has 194 valence electrons. The van der Waals surface area contributed by atoms with E-state index in [1.807, 2.05) is 72.8 Å². The monoisotopic (exact) mass is 517 g/mol. The average Bonchev–Trinajstić information content (AvgIpc) is 3.33. The molecule has 1 N–H and O–H groups in total. The Morgan fingerprint density at radius 1 is 0.872 bits per heavy atom. The highest BCUT2D eigenvalue weighted by Crippen LogP contribution is 2.36. The number of fused-ring (bicyclic) bond motifs is 3. The highest BCUT2D eigenvalue weighted by molar-refractivity contribution is 6.06. The molecule has 5 aromatic rings. The smallest absolute Gasteiger partial charge is 0.338 e. The van der Waals surface area contributed by atoms with E-state index >= 15 is 0 Å². The maximum absolute atomic E-state index is 13.8. The summed E-state index contributed by atoms with van der Waals surface area (Å²) in [4.78, 5) is 36.5. The quantitative estimate of drug-likeness (QED) is 0.279. The zero-order valence-electron chi connectivity index (χ0n) is 21.7. The van der Waals surface area contributed by atoms with E-state index in [-0.39, 0.29) is 5.91 Å². The van der Waals surface area contributed by atoms with Gasteiger partial charge in [-0.1, -0.05) is 36.4 Å². The highest BCUT2D eigenvalue weighted by Gasteiger charge is 2.31. The fraction of sp³-hybridized carbons (Fsp3) is 0.156. The summed E-state index contributed by atoms with van der Waals surface area (Å²) in [5.74, 6) is 0.570. The van der Waals surface area contributed by atoms with Gasteiger partial charge in [-0.2, -0.15) is 0 Å². The summed E-state index contributed by atoms with van der Waals surface area (Å²) >= 11 is 0. The van der Waals surface area contributed by atoms with Crippen LogP contribution in [0.3, 0.4) is 0 Å². The zero-order chi connectivity index (χ0) is 26.9. The van der Waals surface area contributed by atoms with Crippen molar-refractivity contribution in [3.63, 3.8) is 0 Å². The number of hydrogen-bond acceptors (Lipinski definition) is 5. The molecule has 1 unspecified atom stereocenters. The summed E-state index contributed by atoms with van der Waals surface area (Å²) in [6, 6.07) is 28.5. The largest absolute Gasteiger partial charge is 0.497 e. The molecule has 0 saturated heterocycles. The minimum absolute atomic E-state index is 0.297. The molecule has 39 heavy (non-hydrogen) atoms. The number of methoxy groups -OCH3 is 1. The topological polar surface area (TPSA) is 84.5 Å². The maximum atomic E-state index is 13.8. The molecule has 6 rings (SSSR count). The Morgan fingerprint density at radius 3 is 2.15 bits per heavy atom. The van der Waals surface area contributed by atoms with Gasteiger partial charge in [-0.25, -0.2) is 9.78 Å². The third kappa shape index (κ3) is 4.63. The first-order valence-electron chi connectivity index (χ1n) is 12.9. The number of imidazole rings is 1. The molecule has 7 heteroatoms. The summed E-state index contributed by atoms with van der Waals surface area (Å²) in [5.41, 5.74) is 6.46. The lowest BCUT2D eigenvalue weighted by Gasteiger charge is -2.27. The Kier molecular flexibility index (Phi) is 6.32. The first kappa shape index (κ1) is 24.4. The minimum Gasteiger partial charge on any atom is -0.497 e. The second-order valence-electron chi connectivity index (χ2n) is 9.52. The van der Waals surface area contributed by atoms with E-state index in [2.05, 4.69) is 9.97 Å². The molecule has 1 aliphatic heterocycles. The van der Waals surface area contributed by atoms with Crippen LogP contribution in [0.25, 0.3) is 22.4 Å². The number of aromatic amines is 1. The number of para-hydroxylation sites is 2. The maximum Gasteiger partial charge on any atom is 0.338 e. The van der Waals surface area contributed by atoms with Crippen molar-refractivity contribution in [3.8, 4) is 17.1 Å². The van der Waals surface area contributed by atoms with E-state index < -0.39 is 12.1 Å². The molecule has 0 aliphatic carbocycles. The summed E-state index contributed by atoms with van der Waals surface area (Å²) in [6.07, 6.45) is 0.658. The van der Waals surface area contributed by atoms with Crippen LogP contribution in [-0.2, 0) is 22.4 Å². The van der Waals surface area contributed by atoms with E-state index in [0.29, 0.717) is 16.9 Å². The van der Waals surface area contributed by atoms with Gasteiger partial charge in [-0.05, 0) is 85.5 Å². The van der Waals surface area contributed by atoms with Gasteiger partial charge >= 0.3 is 5.97 Å².